The molecule has 0 unspecified atom stereocenters. The third-order valence-corrected chi connectivity index (χ3v) is 5.13. The quantitative estimate of drug-likeness (QED) is 0.612. The summed E-state index contributed by atoms with van der Waals surface area (Å²) in [6.07, 6.45) is 4.50. The Morgan fingerprint density at radius 2 is 1.85 bits per heavy atom. The van der Waals surface area contributed by atoms with Crippen LogP contribution in [0.25, 0.3) is 0 Å². The number of hydrogen-bond donors (Lipinski definition) is 1. The van der Waals surface area contributed by atoms with Gasteiger partial charge in [0, 0.05) is 13.1 Å². The molecule has 140 valence electrons. The third-order valence-electron chi connectivity index (χ3n) is 4.20. The zero-order valence-electron chi connectivity index (χ0n) is 14.4. The molecule has 1 saturated heterocycles. The fourth-order valence-electron chi connectivity index (χ4n) is 2.72. The highest BCUT2D eigenvalue weighted by molar-refractivity contribution is 7.99. The molecule has 1 aliphatic rings. The number of aromatic nitrogens is 3. The van der Waals surface area contributed by atoms with E-state index in [-0.39, 0.29) is 24.1 Å². The number of thioether (sulfide) groups is 1. The van der Waals surface area contributed by atoms with Crippen molar-refractivity contribution in [2.24, 2.45) is 0 Å². The number of likely N-dealkylation sites (tertiary alicyclic amines) is 1. The van der Waals surface area contributed by atoms with Crippen LogP contribution in [-0.2, 0) is 11.4 Å². The zero-order chi connectivity index (χ0) is 18.4. The van der Waals surface area contributed by atoms with E-state index in [0.29, 0.717) is 16.7 Å². The predicted molar refractivity (Wildman–Crippen MR) is 96.7 cm³/mol. The first-order chi connectivity index (χ1) is 12.6. The van der Waals surface area contributed by atoms with Crippen molar-refractivity contribution >= 4 is 17.7 Å². The van der Waals surface area contributed by atoms with E-state index in [4.69, 9.17) is 10.6 Å². The molecule has 2 heterocycles. The minimum absolute atomic E-state index is 0.101. The molecule has 1 fully saturated rings. The number of rotatable bonds is 6. The molecule has 1 aliphatic heterocycles. The fourth-order valence-corrected chi connectivity index (χ4v) is 3.50. The highest BCUT2D eigenvalue weighted by atomic mass is 32.2. The molecule has 0 spiro atoms. The third kappa shape index (κ3) is 4.87. The van der Waals surface area contributed by atoms with E-state index in [1.54, 1.807) is 0 Å². The summed E-state index contributed by atoms with van der Waals surface area (Å²) in [5, 5.41) is 8.48. The largest absolute Gasteiger partial charge is 0.486 e. The van der Waals surface area contributed by atoms with Crippen LogP contribution in [0.5, 0.6) is 5.75 Å². The molecular formula is C17H22FN5O2S. The Labute approximate surface area is 155 Å². The van der Waals surface area contributed by atoms with Crippen molar-refractivity contribution in [1.29, 1.82) is 0 Å². The number of amides is 1. The first kappa shape index (κ1) is 18.5. The van der Waals surface area contributed by atoms with Crippen LogP contribution in [0, 0.1) is 5.82 Å². The highest BCUT2D eigenvalue weighted by Gasteiger charge is 2.18. The van der Waals surface area contributed by atoms with Gasteiger partial charge in [-0.15, -0.1) is 10.2 Å². The van der Waals surface area contributed by atoms with Gasteiger partial charge in [-0.2, -0.15) is 0 Å². The van der Waals surface area contributed by atoms with Gasteiger partial charge in [-0.05, 0) is 37.1 Å². The topological polar surface area (TPSA) is 86.3 Å². The molecule has 9 heteroatoms. The molecule has 3 rings (SSSR count). The predicted octanol–water partition coefficient (Wildman–Crippen LogP) is 2.20. The lowest BCUT2D eigenvalue weighted by atomic mass is 10.2. The van der Waals surface area contributed by atoms with Gasteiger partial charge < -0.3 is 15.5 Å². The van der Waals surface area contributed by atoms with Crippen molar-refractivity contribution in [2.45, 2.75) is 37.4 Å². The van der Waals surface area contributed by atoms with Crippen molar-refractivity contribution < 1.29 is 13.9 Å². The van der Waals surface area contributed by atoms with Gasteiger partial charge in [-0.25, -0.2) is 9.07 Å². The Hall–Kier alpha value is -2.29. The van der Waals surface area contributed by atoms with Crippen molar-refractivity contribution in [3.8, 4) is 5.75 Å². The number of halogens is 1. The lowest BCUT2D eigenvalue weighted by Crippen LogP contribution is -2.33. The smallest absolute Gasteiger partial charge is 0.233 e. The summed E-state index contributed by atoms with van der Waals surface area (Å²) >= 11 is 1.27. The summed E-state index contributed by atoms with van der Waals surface area (Å²) in [7, 11) is 0. The van der Waals surface area contributed by atoms with Gasteiger partial charge in [0.1, 0.15) is 18.2 Å². The van der Waals surface area contributed by atoms with Gasteiger partial charge in [0.15, 0.2) is 5.82 Å². The number of nitrogen functional groups attached to an aromatic ring is 1. The Morgan fingerprint density at radius 3 is 2.54 bits per heavy atom. The number of hydrogen-bond acceptors (Lipinski definition) is 6. The first-order valence-corrected chi connectivity index (χ1v) is 9.60. The van der Waals surface area contributed by atoms with Gasteiger partial charge in [0.2, 0.25) is 11.1 Å². The van der Waals surface area contributed by atoms with Gasteiger partial charge in [-0.3, -0.25) is 4.79 Å². The molecule has 0 saturated carbocycles. The van der Waals surface area contributed by atoms with E-state index in [2.05, 4.69) is 10.2 Å². The molecule has 1 aromatic heterocycles. The van der Waals surface area contributed by atoms with Gasteiger partial charge in [0.05, 0.1) is 5.75 Å². The summed E-state index contributed by atoms with van der Waals surface area (Å²) in [6, 6.07) is 5.70. The Balaban J connectivity index is 1.51. The van der Waals surface area contributed by atoms with Gasteiger partial charge >= 0.3 is 0 Å². The lowest BCUT2D eigenvalue weighted by molar-refractivity contribution is -0.128. The average Bonchev–Trinajstić information content (AvgIpc) is 2.85. The lowest BCUT2D eigenvalue weighted by Gasteiger charge is -2.19. The molecule has 1 amide bonds. The zero-order valence-corrected chi connectivity index (χ0v) is 15.3. The van der Waals surface area contributed by atoms with Crippen molar-refractivity contribution in [3.05, 3.63) is 35.9 Å². The maximum Gasteiger partial charge on any atom is 0.233 e. The Kier molecular flexibility index (Phi) is 6.32. The van der Waals surface area contributed by atoms with Crippen molar-refractivity contribution in [2.75, 3.05) is 24.7 Å². The molecule has 7 nitrogen and oxygen atoms in total. The van der Waals surface area contributed by atoms with Crippen LogP contribution in [0.4, 0.5) is 4.39 Å². The van der Waals surface area contributed by atoms with Gasteiger partial charge in [0.25, 0.3) is 0 Å². The van der Waals surface area contributed by atoms with Crippen molar-refractivity contribution in [1.82, 2.24) is 19.8 Å². The average molecular weight is 379 g/mol. The van der Waals surface area contributed by atoms with Gasteiger partial charge in [-0.1, -0.05) is 24.6 Å². The van der Waals surface area contributed by atoms with Crippen LogP contribution in [0.3, 0.4) is 0 Å². The summed E-state index contributed by atoms with van der Waals surface area (Å²) < 4.78 is 19.7. The first-order valence-electron chi connectivity index (χ1n) is 8.62. The maximum absolute atomic E-state index is 12.9. The number of carbonyl (C=O) groups is 1. The minimum Gasteiger partial charge on any atom is -0.486 e. The second kappa shape index (κ2) is 8.88. The molecular weight excluding hydrogens is 357 g/mol. The van der Waals surface area contributed by atoms with Crippen LogP contribution in [0.1, 0.15) is 31.5 Å². The van der Waals surface area contributed by atoms with Crippen LogP contribution in [0.2, 0.25) is 0 Å². The van der Waals surface area contributed by atoms with Crippen LogP contribution in [0.15, 0.2) is 29.4 Å². The molecule has 0 bridgehead atoms. The molecule has 0 atom stereocenters. The summed E-state index contributed by atoms with van der Waals surface area (Å²) in [6.45, 7) is 1.76. The second-order valence-corrected chi connectivity index (χ2v) is 7.04. The fraction of sp³-hybridized carbons (Fsp3) is 0.471. The minimum atomic E-state index is -0.327. The number of benzene rings is 1. The maximum atomic E-state index is 12.9. The van der Waals surface area contributed by atoms with E-state index in [0.717, 1.165) is 25.9 Å². The molecule has 2 aromatic rings. The normalized spacial score (nSPS) is 14.9. The molecule has 26 heavy (non-hydrogen) atoms. The molecule has 0 radical (unpaired) electrons. The number of nitrogens with two attached hydrogens (primary N) is 1. The van der Waals surface area contributed by atoms with E-state index < -0.39 is 0 Å². The number of nitrogens with zero attached hydrogens (tertiary/aromatic N) is 4. The summed E-state index contributed by atoms with van der Waals surface area (Å²) in [5.41, 5.74) is 0. The monoisotopic (exact) mass is 379 g/mol. The van der Waals surface area contributed by atoms with E-state index in [1.807, 2.05) is 4.90 Å². The van der Waals surface area contributed by atoms with Crippen LogP contribution in [-0.4, -0.2) is 44.5 Å². The number of ether oxygens (including phenoxy) is 1. The van der Waals surface area contributed by atoms with Crippen LogP contribution < -0.4 is 10.6 Å². The summed E-state index contributed by atoms with van der Waals surface area (Å²) in [5.74, 6) is 6.99. The molecule has 0 aliphatic carbocycles. The van der Waals surface area contributed by atoms with E-state index in [9.17, 15) is 9.18 Å². The summed E-state index contributed by atoms with van der Waals surface area (Å²) in [4.78, 5) is 14.2. The van der Waals surface area contributed by atoms with Crippen molar-refractivity contribution in [3.63, 3.8) is 0 Å². The molecule has 2 N–H and O–H groups in total. The Bertz CT molecular complexity index is 729. The number of carbonyl (C=O) groups excluding carboxylic acids is 1. The standard InChI is InChI=1S/C17H22FN5O2S/c18-13-5-7-14(8-6-13)25-11-15-20-21-17(23(15)19)26-12-16(24)22-9-3-1-2-4-10-22/h5-8H,1-4,9-12,19H2. The highest BCUT2D eigenvalue weighted by Crippen LogP contribution is 2.18. The van der Waals surface area contributed by atoms with E-state index >= 15 is 0 Å². The van der Waals surface area contributed by atoms with E-state index in [1.165, 1.54) is 53.5 Å². The second-order valence-electron chi connectivity index (χ2n) is 6.10. The Morgan fingerprint density at radius 1 is 1.15 bits per heavy atom. The molecule has 1 aromatic carbocycles. The van der Waals surface area contributed by atoms with Crippen LogP contribution >= 0.6 is 11.8 Å². The SMILES string of the molecule is Nn1c(COc2ccc(F)cc2)nnc1SCC(=O)N1CCCCCC1.